The summed E-state index contributed by atoms with van der Waals surface area (Å²) in [5.74, 6) is 0.358. The molecule has 4 rings (SSSR count). The van der Waals surface area contributed by atoms with Gasteiger partial charge in [-0.2, -0.15) is 0 Å². The van der Waals surface area contributed by atoms with Gasteiger partial charge in [-0.1, -0.05) is 18.2 Å². The van der Waals surface area contributed by atoms with Crippen LogP contribution in [0.25, 0.3) is 11.0 Å². The molecule has 1 aliphatic heterocycles. The van der Waals surface area contributed by atoms with Gasteiger partial charge >= 0.3 is 0 Å². The van der Waals surface area contributed by atoms with E-state index in [1.165, 1.54) is 0 Å². The maximum atomic E-state index is 13.1. The predicted molar refractivity (Wildman–Crippen MR) is 114 cm³/mol. The number of fused-ring (bicyclic) bond motifs is 2. The van der Waals surface area contributed by atoms with Gasteiger partial charge in [0.1, 0.15) is 23.2 Å². The highest BCUT2D eigenvalue weighted by molar-refractivity contribution is 7.89. The zero-order valence-corrected chi connectivity index (χ0v) is 17.8. The molecule has 1 atom stereocenters. The number of rotatable bonds is 6. The van der Waals surface area contributed by atoms with Crippen LogP contribution in [0.15, 0.2) is 40.8 Å². The highest BCUT2D eigenvalue weighted by Crippen LogP contribution is 2.38. The summed E-state index contributed by atoms with van der Waals surface area (Å²) in [5, 5.41) is 3.41. The summed E-state index contributed by atoms with van der Waals surface area (Å²) in [5.41, 5.74) is 2.26. The average Bonchev–Trinajstić information content (AvgIpc) is 3.20. The molecule has 0 radical (unpaired) electrons. The molecule has 8 heteroatoms. The number of hydrogen-bond acceptors (Lipinski definition) is 6. The molecule has 3 aromatic rings. The van der Waals surface area contributed by atoms with E-state index in [0.29, 0.717) is 40.3 Å². The van der Waals surface area contributed by atoms with Gasteiger partial charge in [0.2, 0.25) is 0 Å². The van der Waals surface area contributed by atoms with E-state index in [-0.39, 0.29) is 17.6 Å². The van der Waals surface area contributed by atoms with Crippen LogP contribution in [0.1, 0.15) is 35.5 Å². The van der Waals surface area contributed by atoms with Gasteiger partial charge in [0.05, 0.1) is 18.0 Å². The van der Waals surface area contributed by atoms with Crippen LogP contribution in [0.3, 0.4) is 0 Å². The lowest BCUT2D eigenvalue weighted by Gasteiger charge is -2.13. The fourth-order valence-electron chi connectivity index (χ4n) is 3.68. The fourth-order valence-corrected chi connectivity index (χ4v) is 4.49. The third-order valence-corrected chi connectivity index (χ3v) is 5.67. The van der Waals surface area contributed by atoms with Crippen molar-refractivity contribution in [1.29, 1.82) is 0 Å². The summed E-state index contributed by atoms with van der Waals surface area (Å²) in [6.45, 7) is 4.27. The molecule has 2 aromatic carbocycles. The molecular weight excluding hydrogens is 406 g/mol. The first-order chi connectivity index (χ1) is 14.2. The van der Waals surface area contributed by atoms with Gasteiger partial charge < -0.3 is 19.2 Å². The van der Waals surface area contributed by atoms with Gasteiger partial charge in [0.25, 0.3) is 5.91 Å². The Morgan fingerprint density at radius 2 is 2.03 bits per heavy atom. The molecule has 1 N–H and O–H groups in total. The molecule has 1 amide bonds. The van der Waals surface area contributed by atoms with E-state index in [4.69, 9.17) is 13.9 Å². The standard InChI is InChI=1S/C22H23NO6S/c1-4-27-20-10-14-9-13(2)28-19(14)11-17(20)23-22(24)21-16(12-30(3,25)26)15-7-5-6-8-18(15)29-21/h5-8,10-11,13H,4,9,12H2,1-3H3,(H,23,24). The van der Waals surface area contributed by atoms with Crippen molar-refractivity contribution < 1.29 is 27.1 Å². The third kappa shape index (κ3) is 4.00. The molecule has 0 aliphatic carbocycles. The van der Waals surface area contributed by atoms with Crippen LogP contribution in [0.2, 0.25) is 0 Å². The first-order valence-corrected chi connectivity index (χ1v) is 11.8. The van der Waals surface area contributed by atoms with Crippen molar-refractivity contribution in [3.05, 3.63) is 53.3 Å². The molecule has 1 unspecified atom stereocenters. The Balaban J connectivity index is 1.74. The second-order valence-electron chi connectivity index (χ2n) is 7.45. The van der Waals surface area contributed by atoms with E-state index in [1.54, 1.807) is 30.3 Å². The van der Waals surface area contributed by atoms with Gasteiger partial charge in [-0.15, -0.1) is 0 Å². The Hall–Kier alpha value is -3.00. The number of furan rings is 1. The molecule has 158 valence electrons. The largest absolute Gasteiger partial charge is 0.492 e. The van der Waals surface area contributed by atoms with Crippen molar-refractivity contribution in [1.82, 2.24) is 0 Å². The summed E-state index contributed by atoms with van der Waals surface area (Å²) < 4.78 is 41.2. The van der Waals surface area contributed by atoms with Crippen molar-refractivity contribution in [2.45, 2.75) is 32.1 Å². The molecule has 0 spiro atoms. The molecule has 2 heterocycles. The minimum atomic E-state index is -3.38. The first-order valence-electron chi connectivity index (χ1n) is 9.71. The van der Waals surface area contributed by atoms with E-state index < -0.39 is 15.7 Å². The van der Waals surface area contributed by atoms with Crippen molar-refractivity contribution in [2.75, 3.05) is 18.2 Å². The second kappa shape index (κ2) is 7.68. The number of carbonyl (C=O) groups is 1. The lowest BCUT2D eigenvalue weighted by molar-refractivity contribution is 0.0997. The Bertz CT molecular complexity index is 1230. The van der Waals surface area contributed by atoms with Gasteiger partial charge in [-0.3, -0.25) is 4.79 Å². The van der Waals surface area contributed by atoms with Crippen molar-refractivity contribution in [3.63, 3.8) is 0 Å². The molecule has 0 fully saturated rings. The van der Waals surface area contributed by atoms with E-state index in [1.807, 2.05) is 19.9 Å². The van der Waals surface area contributed by atoms with Crippen molar-refractivity contribution in [2.24, 2.45) is 0 Å². The first kappa shape index (κ1) is 20.3. The maximum Gasteiger partial charge on any atom is 0.291 e. The zero-order chi connectivity index (χ0) is 21.5. The number of para-hydroxylation sites is 1. The van der Waals surface area contributed by atoms with E-state index >= 15 is 0 Å². The normalized spacial score (nSPS) is 15.6. The third-order valence-electron chi connectivity index (χ3n) is 4.86. The van der Waals surface area contributed by atoms with E-state index in [0.717, 1.165) is 18.2 Å². The Morgan fingerprint density at radius 3 is 2.77 bits per heavy atom. The van der Waals surface area contributed by atoms with Crippen LogP contribution in [-0.2, 0) is 22.0 Å². The second-order valence-corrected chi connectivity index (χ2v) is 9.59. The lowest BCUT2D eigenvalue weighted by Crippen LogP contribution is -2.15. The maximum absolute atomic E-state index is 13.1. The molecule has 7 nitrogen and oxygen atoms in total. The summed E-state index contributed by atoms with van der Waals surface area (Å²) in [4.78, 5) is 13.1. The fraction of sp³-hybridized carbons (Fsp3) is 0.318. The van der Waals surface area contributed by atoms with Crippen LogP contribution >= 0.6 is 0 Å². The van der Waals surface area contributed by atoms with E-state index in [9.17, 15) is 13.2 Å². The molecule has 0 saturated carbocycles. The highest BCUT2D eigenvalue weighted by Gasteiger charge is 2.26. The summed E-state index contributed by atoms with van der Waals surface area (Å²) in [7, 11) is -3.38. The van der Waals surface area contributed by atoms with Crippen LogP contribution < -0.4 is 14.8 Å². The number of anilines is 1. The number of benzene rings is 2. The Labute approximate surface area is 174 Å². The minimum Gasteiger partial charge on any atom is -0.492 e. The summed E-state index contributed by atoms with van der Waals surface area (Å²) in [6.07, 6.45) is 1.95. The van der Waals surface area contributed by atoms with Crippen LogP contribution in [-0.4, -0.2) is 33.3 Å². The Morgan fingerprint density at radius 1 is 1.27 bits per heavy atom. The van der Waals surface area contributed by atoms with Gasteiger partial charge in [0, 0.05) is 35.3 Å². The van der Waals surface area contributed by atoms with Crippen LogP contribution in [0.5, 0.6) is 11.5 Å². The van der Waals surface area contributed by atoms with Gasteiger partial charge in [-0.25, -0.2) is 8.42 Å². The summed E-state index contributed by atoms with van der Waals surface area (Å²) >= 11 is 0. The van der Waals surface area contributed by atoms with E-state index in [2.05, 4.69) is 5.32 Å². The number of hydrogen-bond donors (Lipinski definition) is 1. The number of sulfone groups is 1. The predicted octanol–water partition coefficient (Wildman–Crippen LogP) is 3.95. The number of ether oxygens (including phenoxy) is 2. The highest BCUT2D eigenvalue weighted by atomic mass is 32.2. The SMILES string of the molecule is CCOc1cc2c(cc1NC(=O)c1oc3ccccc3c1CS(C)(=O)=O)OC(C)C2. The monoisotopic (exact) mass is 429 g/mol. The smallest absolute Gasteiger partial charge is 0.291 e. The number of nitrogens with one attached hydrogen (secondary N) is 1. The Kier molecular flexibility index (Phi) is 5.19. The lowest BCUT2D eigenvalue weighted by atomic mass is 10.1. The van der Waals surface area contributed by atoms with Crippen molar-refractivity contribution >= 4 is 32.4 Å². The molecule has 1 aromatic heterocycles. The minimum absolute atomic E-state index is 0.0288. The number of carbonyl (C=O) groups excluding carboxylic acids is 1. The average molecular weight is 429 g/mol. The van der Waals surface area contributed by atoms with Crippen molar-refractivity contribution in [3.8, 4) is 11.5 Å². The van der Waals surface area contributed by atoms with Crippen LogP contribution in [0, 0.1) is 0 Å². The van der Waals surface area contributed by atoms with Gasteiger partial charge in [0.15, 0.2) is 15.6 Å². The van der Waals surface area contributed by atoms with Gasteiger partial charge in [-0.05, 0) is 26.0 Å². The molecule has 0 saturated heterocycles. The van der Waals surface area contributed by atoms with Crippen LogP contribution in [0.4, 0.5) is 5.69 Å². The number of amides is 1. The molecule has 30 heavy (non-hydrogen) atoms. The quantitative estimate of drug-likeness (QED) is 0.638. The zero-order valence-electron chi connectivity index (χ0n) is 17.0. The molecule has 1 aliphatic rings. The summed E-state index contributed by atoms with van der Waals surface area (Å²) in [6, 6.07) is 10.6. The molecular formula is C22H23NO6S. The topological polar surface area (TPSA) is 94.8 Å². The molecule has 0 bridgehead atoms.